The van der Waals surface area contributed by atoms with Crippen molar-refractivity contribution in [2.24, 2.45) is 0 Å². The smallest absolute Gasteiger partial charge is 0.364 e. The minimum atomic E-state index is -2.67. The molecular formula is C37H38F2N3O6Si+. The predicted octanol–water partition coefficient (Wildman–Crippen LogP) is 4.53. The highest BCUT2D eigenvalue weighted by Crippen LogP contribution is 2.48. The summed E-state index contributed by atoms with van der Waals surface area (Å²) in [7, 11) is 0.311. The van der Waals surface area contributed by atoms with Crippen molar-refractivity contribution in [2.75, 3.05) is 45.3 Å². The van der Waals surface area contributed by atoms with E-state index in [2.05, 4.69) is 46.9 Å². The van der Waals surface area contributed by atoms with E-state index in [0.717, 1.165) is 38.5 Å². The number of anilines is 1. The van der Waals surface area contributed by atoms with E-state index >= 15 is 0 Å². The van der Waals surface area contributed by atoms with Crippen molar-refractivity contribution in [2.45, 2.75) is 44.6 Å². The summed E-state index contributed by atoms with van der Waals surface area (Å²) in [5.74, 6) is -1.45. The number of hydrogen-bond acceptors (Lipinski definition) is 7. The van der Waals surface area contributed by atoms with Crippen LogP contribution in [0.1, 0.15) is 47.2 Å². The molecule has 3 atom stereocenters. The van der Waals surface area contributed by atoms with Crippen molar-refractivity contribution in [3.05, 3.63) is 88.3 Å². The number of methoxy groups -OCH3 is 2. The summed E-state index contributed by atoms with van der Waals surface area (Å²) in [6.45, 7) is 8.47. The van der Waals surface area contributed by atoms with Gasteiger partial charge in [-0.2, -0.15) is 0 Å². The number of nitrogens with zero attached hydrogens (tertiary/aromatic N) is 3. The van der Waals surface area contributed by atoms with Gasteiger partial charge in [0.15, 0.2) is 18.4 Å². The first kappa shape index (κ1) is 32.7. The van der Waals surface area contributed by atoms with Crippen LogP contribution < -0.4 is 19.6 Å². The topological polar surface area (TPSA) is 88.4 Å². The molecule has 0 N–H and O–H groups in total. The van der Waals surface area contributed by atoms with Gasteiger partial charge >= 0.3 is 5.97 Å². The zero-order valence-corrected chi connectivity index (χ0v) is 28.8. The average molecular weight is 687 g/mol. The van der Waals surface area contributed by atoms with Crippen LogP contribution in [0.3, 0.4) is 0 Å². The number of alkyl halides is 2. The minimum absolute atomic E-state index is 0.0244. The number of imide groups is 1. The molecule has 0 radical (unpaired) electrons. The van der Waals surface area contributed by atoms with Crippen LogP contribution in [0.25, 0.3) is 5.57 Å². The Morgan fingerprint density at radius 3 is 2.33 bits per heavy atom. The lowest BCUT2D eigenvalue weighted by Crippen LogP contribution is -2.51. The molecule has 2 aromatic carbocycles. The monoisotopic (exact) mass is 686 g/mol. The Balaban J connectivity index is 1.43. The summed E-state index contributed by atoms with van der Waals surface area (Å²) in [6, 6.07) is 9.23. The van der Waals surface area contributed by atoms with Gasteiger partial charge in [-0.25, -0.2) is 18.2 Å². The summed E-state index contributed by atoms with van der Waals surface area (Å²) >= 11 is 0. The summed E-state index contributed by atoms with van der Waals surface area (Å²) in [6.07, 6.45) is 5.35. The highest BCUT2D eigenvalue weighted by molar-refractivity contribution is 7.02. The molecule has 3 unspecified atom stereocenters. The van der Waals surface area contributed by atoms with Crippen LogP contribution in [0, 0.1) is 0 Å². The molecule has 3 fully saturated rings. The third-order valence-electron chi connectivity index (χ3n) is 10.2. The highest BCUT2D eigenvalue weighted by atomic mass is 28.3. The van der Waals surface area contributed by atoms with Crippen LogP contribution in [-0.2, 0) is 14.4 Å². The Morgan fingerprint density at radius 2 is 1.73 bits per heavy atom. The summed E-state index contributed by atoms with van der Waals surface area (Å²) in [4.78, 5) is 44.8. The number of hydrogen-bond donors (Lipinski definition) is 0. The standard InChI is InChI=1S/C37H38F2N3O6Si/c1-5-49(4)31-18-25(40-14-12-23(38)20-40)6-8-27(31)35(28-9-7-26(19-32(28)49)41-15-13-24(39)21-41)36-29(46-2)16-22(17-30(36)47-3)37(45)48-42-33(43)10-11-34(42)44/h5-9,16-19,23-24H,1,10-15,20-21H2,2-4H3/q+1. The fraction of sp³-hybridized carbons (Fsp3) is 0.351. The summed E-state index contributed by atoms with van der Waals surface area (Å²) in [5.41, 5.74) is 7.20. The third-order valence-corrected chi connectivity index (χ3v) is 14.1. The highest BCUT2D eigenvalue weighted by Gasteiger charge is 2.44. The predicted molar refractivity (Wildman–Crippen MR) is 183 cm³/mol. The third kappa shape index (κ3) is 5.51. The van der Waals surface area contributed by atoms with Gasteiger partial charge in [-0.05, 0) is 58.3 Å². The van der Waals surface area contributed by atoms with Crippen molar-refractivity contribution in [3.63, 3.8) is 0 Å². The number of halogens is 2. The van der Waals surface area contributed by atoms with Crippen LogP contribution in [0.5, 0.6) is 11.5 Å². The second-order valence-electron chi connectivity index (χ2n) is 13.1. The van der Waals surface area contributed by atoms with Crippen molar-refractivity contribution in [1.29, 1.82) is 0 Å². The molecule has 0 aromatic heterocycles. The Morgan fingerprint density at radius 1 is 1.02 bits per heavy atom. The van der Waals surface area contributed by atoms with Gasteiger partial charge in [0.25, 0.3) is 11.8 Å². The number of allylic oxidation sites excluding steroid dienone is 5. The Bertz CT molecular complexity index is 1890. The molecule has 0 bridgehead atoms. The van der Waals surface area contributed by atoms with Crippen molar-refractivity contribution in [3.8, 4) is 11.5 Å². The molecule has 12 heteroatoms. The number of benzene rings is 2. The molecule has 4 aliphatic heterocycles. The van der Waals surface area contributed by atoms with Gasteiger partial charge in [0.1, 0.15) is 32.3 Å². The summed E-state index contributed by atoms with van der Waals surface area (Å²) in [5, 5.41) is 2.65. The Labute approximate surface area is 284 Å². The van der Waals surface area contributed by atoms with Crippen LogP contribution in [0.4, 0.5) is 14.5 Å². The summed E-state index contributed by atoms with van der Waals surface area (Å²) < 4.78 is 42.6. The fourth-order valence-corrected chi connectivity index (χ4v) is 10.7. The quantitative estimate of drug-likeness (QED) is 0.241. The number of rotatable bonds is 7. The van der Waals surface area contributed by atoms with Gasteiger partial charge in [-0.15, -0.1) is 11.6 Å². The van der Waals surface area contributed by atoms with Crippen molar-refractivity contribution < 1.29 is 42.1 Å². The van der Waals surface area contributed by atoms with Gasteiger partial charge in [0, 0.05) is 55.8 Å². The zero-order valence-electron chi connectivity index (χ0n) is 27.8. The molecule has 2 aromatic rings. The molecule has 2 amide bonds. The molecule has 254 valence electrons. The maximum atomic E-state index is 14.3. The number of fused-ring (bicyclic) bond motifs is 2. The average Bonchev–Trinajstić information content (AvgIpc) is 3.84. The Kier molecular flexibility index (Phi) is 8.38. The first-order valence-corrected chi connectivity index (χ1v) is 19.1. The maximum Gasteiger partial charge on any atom is 0.364 e. The lowest BCUT2D eigenvalue weighted by atomic mass is 9.88. The number of carbonyl (C=O) groups is 3. The van der Waals surface area contributed by atoms with Gasteiger partial charge in [0.2, 0.25) is 0 Å². The van der Waals surface area contributed by atoms with Crippen LogP contribution in [0.2, 0.25) is 6.55 Å². The molecule has 3 saturated heterocycles. The maximum absolute atomic E-state index is 14.3. The van der Waals surface area contributed by atoms with E-state index in [9.17, 15) is 23.2 Å². The van der Waals surface area contributed by atoms with Gasteiger partial charge < -0.3 is 19.2 Å². The van der Waals surface area contributed by atoms with E-state index in [1.54, 1.807) is 0 Å². The minimum Gasteiger partial charge on any atom is -0.496 e. The van der Waals surface area contributed by atoms with E-state index < -0.39 is 38.2 Å². The second-order valence-corrected chi connectivity index (χ2v) is 17.0. The fourth-order valence-electron chi connectivity index (χ4n) is 7.51. The van der Waals surface area contributed by atoms with Crippen LogP contribution >= 0.6 is 0 Å². The molecule has 0 spiro atoms. The number of carbonyl (C=O) groups excluding carboxylic acids is 3. The molecule has 49 heavy (non-hydrogen) atoms. The van der Waals surface area contributed by atoms with E-state index in [-0.39, 0.29) is 18.4 Å². The van der Waals surface area contributed by atoms with Crippen molar-refractivity contribution in [1.82, 2.24) is 5.06 Å². The van der Waals surface area contributed by atoms with Crippen molar-refractivity contribution >= 4 is 48.0 Å². The lowest BCUT2D eigenvalue weighted by molar-refractivity contribution is -0.507. The van der Waals surface area contributed by atoms with Gasteiger partial charge in [-0.3, -0.25) is 9.59 Å². The largest absolute Gasteiger partial charge is 0.496 e. The van der Waals surface area contributed by atoms with E-state index in [4.69, 9.17) is 14.3 Å². The molecule has 9 nitrogen and oxygen atoms in total. The van der Waals surface area contributed by atoms with E-state index in [0.29, 0.717) is 61.1 Å². The Hall–Kier alpha value is -4.84. The molecule has 5 aliphatic rings. The van der Waals surface area contributed by atoms with Gasteiger partial charge in [0.05, 0.1) is 25.3 Å². The first-order chi connectivity index (χ1) is 23.6. The van der Waals surface area contributed by atoms with Gasteiger partial charge in [-0.1, -0.05) is 18.3 Å². The molecule has 7 rings (SSSR count). The number of ether oxygens (including phenoxy) is 2. The van der Waals surface area contributed by atoms with E-state index in [1.807, 2.05) is 17.8 Å². The van der Waals surface area contributed by atoms with E-state index in [1.165, 1.54) is 26.4 Å². The molecular weight excluding hydrogens is 649 g/mol. The number of amides is 2. The van der Waals surface area contributed by atoms with Crippen LogP contribution in [-0.4, -0.2) is 93.9 Å². The molecule has 0 saturated carbocycles. The first-order valence-electron chi connectivity index (χ1n) is 16.5. The SMILES string of the molecule is C=C[Si]1(C)C2=CC(=[N+]3CCC(F)C3)C=CC2=C(c2c(OC)cc(C(=O)ON3C(=O)CCC3=O)cc2OC)c2ccc(N3CCC(F)C3)cc21. The zero-order chi connectivity index (χ0) is 34.6. The normalized spacial score (nSPS) is 26.2. The molecule has 4 heterocycles. The second kappa shape index (κ2) is 12.6. The molecule has 1 aliphatic carbocycles. The lowest BCUT2D eigenvalue weighted by Gasteiger charge is -2.39. The number of hydroxylamine groups is 2. The van der Waals surface area contributed by atoms with Crippen LogP contribution in [0.15, 0.2) is 71.6 Å².